The molecule has 0 radical (unpaired) electrons. The quantitative estimate of drug-likeness (QED) is 0.571. The Kier molecular flexibility index (Phi) is 3.44. The number of Topliss-reactive ketones (excluding diaryl/α,β-unsaturated/α-hetero) is 1. The van der Waals surface area contributed by atoms with Gasteiger partial charge in [0.05, 0.1) is 26.1 Å². The highest BCUT2D eigenvalue weighted by Gasteiger charge is 2.63. The van der Waals surface area contributed by atoms with Gasteiger partial charge in [0.25, 0.3) is 0 Å². The normalized spacial score (nSPS) is 42.1. The predicted molar refractivity (Wildman–Crippen MR) is 84.5 cm³/mol. The smallest absolute Gasteiger partial charge is 0.310 e. The van der Waals surface area contributed by atoms with Crippen molar-refractivity contribution in [1.29, 1.82) is 0 Å². The second kappa shape index (κ2) is 5.30. The minimum absolute atomic E-state index is 0.0292. The van der Waals surface area contributed by atoms with E-state index in [9.17, 15) is 14.4 Å². The number of carbonyl (C=O) groups is 3. The van der Waals surface area contributed by atoms with E-state index in [-0.39, 0.29) is 29.5 Å². The molecule has 128 valence electrons. The van der Waals surface area contributed by atoms with Crippen molar-refractivity contribution in [3.63, 3.8) is 0 Å². The third-order valence-corrected chi connectivity index (χ3v) is 6.62. The zero-order valence-corrected chi connectivity index (χ0v) is 14.2. The number of hydrogen-bond donors (Lipinski definition) is 0. The molecule has 2 saturated carbocycles. The van der Waals surface area contributed by atoms with E-state index in [1.165, 1.54) is 14.2 Å². The second-order valence-corrected chi connectivity index (χ2v) is 7.52. The minimum atomic E-state index is -0.618. The number of ketones is 1. The van der Waals surface area contributed by atoms with Gasteiger partial charge >= 0.3 is 11.9 Å². The van der Waals surface area contributed by atoms with Gasteiger partial charge in [0.15, 0.2) is 5.78 Å². The van der Waals surface area contributed by atoms with Gasteiger partial charge in [-0.1, -0.05) is 17.7 Å². The Morgan fingerprint density at radius 3 is 2.38 bits per heavy atom. The van der Waals surface area contributed by atoms with Crippen LogP contribution in [0.25, 0.3) is 0 Å². The van der Waals surface area contributed by atoms with Crippen molar-refractivity contribution in [2.45, 2.75) is 19.8 Å². The molecule has 5 heteroatoms. The largest absolute Gasteiger partial charge is 0.469 e. The van der Waals surface area contributed by atoms with Crippen LogP contribution in [0, 0.1) is 41.4 Å². The fourth-order valence-electron chi connectivity index (χ4n) is 5.81. The van der Waals surface area contributed by atoms with Crippen LogP contribution in [0.15, 0.2) is 23.3 Å². The molecule has 0 amide bonds. The Labute approximate surface area is 141 Å². The summed E-state index contributed by atoms with van der Waals surface area (Å²) >= 11 is 0. The van der Waals surface area contributed by atoms with E-state index in [1.807, 2.05) is 6.92 Å². The van der Waals surface area contributed by atoms with E-state index < -0.39 is 23.8 Å². The van der Waals surface area contributed by atoms with Crippen molar-refractivity contribution in [2.24, 2.45) is 41.4 Å². The fourth-order valence-corrected chi connectivity index (χ4v) is 5.81. The molecule has 7 atom stereocenters. The molecule has 2 fully saturated rings. The van der Waals surface area contributed by atoms with Crippen LogP contribution >= 0.6 is 0 Å². The molecule has 4 aliphatic rings. The Morgan fingerprint density at radius 2 is 1.71 bits per heavy atom. The summed E-state index contributed by atoms with van der Waals surface area (Å²) in [6, 6.07) is 0. The summed E-state index contributed by atoms with van der Waals surface area (Å²) in [7, 11) is 2.69. The Bertz CT molecular complexity index is 688. The molecule has 24 heavy (non-hydrogen) atoms. The SMILES string of the molecule is COC(=O)[C@@H]1[C@H]2C(=C(C)C[C@H]1C(=O)OC)C(=O)[C@H]1[C@@H]2[C@@H]2C=C[C@H]1C2. The molecule has 5 nitrogen and oxygen atoms in total. The van der Waals surface area contributed by atoms with E-state index in [1.54, 1.807) is 0 Å². The number of methoxy groups -OCH3 is 2. The van der Waals surface area contributed by atoms with Crippen LogP contribution in [0.5, 0.6) is 0 Å². The molecule has 4 rings (SSSR count). The molecule has 4 aliphatic carbocycles. The van der Waals surface area contributed by atoms with Crippen LogP contribution in [0.1, 0.15) is 19.8 Å². The van der Waals surface area contributed by atoms with Crippen LogP contribution in [0.3, 0.4) is 0 Å². The van der Waals surface area contributed by atoms with Gasteiger partial charge in [-0.25, -0.2) is 0 Å². The number of allylic oxidation sites excluding steroid dienone is 4. The molecule has 0 saturated heterocycles. The Hall–Kier alpha value is -1.91. The number of fused-ring (bicyclic) bond motifs is 7. The Balaban J connectivity index is 1.84. The predicted octanol–water partition coefficient (Wildman–Crippen LogP) is 1.92. The first-order chi connectivity index (χ1) is 11.5. The number of hydrogen-bond acceptors (Lipinski definition) is 5. The number of rotatable bonds is 2. The van der Waals surface area contributed by atoms with Crippen LogP contribution < -0.4 is 0 Å². The van der Waals surface area contributed by atoms with Crippen molar-refractivity contribution in [2.75, 3.05) is 14.2 Å². The first-order valence-electron chi connectivity index (χ1n) is 8.57. The standard InChI is InChI=1S/C19H22O5/c1-8-6-11(18(21)23-2)15(19(22)24-3)16-12(8)17(20)14-10-5-4-9(7-10)13(14)16/h4-5,9-11,13-16H,6-7H2,1-3H3/t9-,10+,11-,13+,14-,15+,16+/m1/s1. The highest BCUT2D eigenvalue weighted by atomic mass is 16.5. The lowest BCUT2D eigenvalue weighted by Gasteiger charge is -2.37. The van der Waals surface area contributed by atoms with Crippen molar-refractivity contribution >= 4 is 17.7 Å². The van der Waals surface area contributed by atoms with Gasteiger partial charge in [-0.15, -0.1) is 0 Å². The van der Waals surface area contributed by atoms with E-state index in [4.69, 9.17) is 9.47 Å². The van der Waals surface area contributed by atoms with Crippen LogP contribution in [-0.2, 0) is 23.9 Å². The first kappa shape index (κ1) is 15.6. The topological polar surface area (TPSA) is 69.7 Å². The maximum Gasteiger partial charge on any atom is 0.310 e. The number of carbonyl (C=O) groups excluding carboxylic acids is 3. The summed E-state index contributed by atoms with van der Waals surface area (Å²) in [6.07, 6.45) is 5.72. The van der Waals surface area contributed by atoms with Gasteiger partial charge in [-0.05, 0) is 43.1 Å². The summed E-state index contributed by atoms with van der Waals surface area (Å²) in [5, 5.41) is 0. The highest BCUT2D eigenvalue weighted by molar-refractivity contribution is 6.03. The van der Waals surface area contributed by atoms with Crippen molar-refractivity contribution in [3.8, 4) is 0 Å². The maximum absolute atomic E-state index is 13.1. The highest BCUT2D eigenvalue weighted by Crippen LogP contribution is 2.62. The molecule has 0 aromatic carbocycles. The lowest BCUT2D eigenvalue weighted by molar-refractivity contribution is -0.160. The second-order valence-electron chi connectivity index (χ2n) is 7.52. The molecule has 0 unspecified atom stereocenters. The van der Waals surface area contributed by atoms with Gasteiger partial charge in [-0.2, -0.15) is 0 Å². The van der Waals surface area contributed by atoms with Gasteiger partial charge < -0.3 is 9.47 Å². The van der Waals surface area contributed by atoms with Crippen LogP contribution in [0.2, 0.25) is 0 Å². The average Bonchev–Trinajstić information content (AvgIpc) is 3.26. The molecular formula is C19H22O5. The molecule has 0 aromatic heterocycles. The van der Waals surface area contributed by atoms with E-state index >= 15 is 0 Å². The zero-order chi connectivity index (χ0) is 17.2. The average molecular weight is 330 g/mol. The lowest BCUT2D eigenvalue weighted by Crippen LogP contribution is -2.43. The van der Waals surface area contributed by atoms with Crippen LogP contribution in [0.4, 0.5) is 0 Å². The molecule has 0 aliphatic heterocycles. The Morgan fingerprint density at radius 1 is 1.04 bits per heavy atom. The molecule has 0 heterocycles. The molecule has 0 spiro atoms. The van der Waals surface area contributed by atoms with Gasteiger partial charge in [0.2, 0.25) is 0 Å². The first-order valence-corrected chi connectivity index (χ1v) is 8.57. The number of esters is 2. The monoisotopic (exact) mass is 330 g/mol. The van der Waals surface area contributed by atoms with E-state index in [0.717, 1.165) is 17.6 Å². The molecule has 2 bridgehead atoms. The third kappa shape index (κ3) is 1.84. The van der Waals surface area contributed by atoms with Crippen molar-refractivity contribution in [1.82, 2.24) is 0 Å². The van der Waals surface area contributed by atoms with Gasteiger partial charge in [0, 0.05) is 11.8 Å². The minimum Gasteiger partial charge on any atom is -0.469 e. The van der Waals surface area contributed by atoms with Crippen LogP contribution in [-0.4, -0.2) is 31.9 Å². The molecule has 0 N–H and O–H groups in total. The fraction of sp³-hybridized carbons (Fsp3) is 0.632. The third-order valence-electron chi connectivity index (χ3n) is 6.62. The maximum atomic E-state index is 13.1. The summed E-state index contributed by atoms with van der Waals surface area (Å²) in [6.45, 7) is 1.92. The van der Waals surface area contributed by atoms with Crippen molar-refractivity contribution in [3.05, 3.63) is 23.3 Å². The lowest BCUT2D eigenvalue weighted by atomic mass is 9.65. The van der Waals surface area contributed by atoms with Gasteiger partial charge in [-0.3, -0.25) is 14.4 Å². The zero-order valence-electron chi connectivity index (χ0n) is 14.2. The molecular weight excluding hydrogens is 308 g/mol. The van der Waals surface area contributed by atoms with E-state index in [2.05, 4.69) is 12.2 Å². The summed E-state index contributed by atoms with van der Waals surface area (Å²) in [5.74, 6) is -1.30. The van der Waals surface area contributed by atoms with E-state index in [0.29, 0.717) is 12.3 Å². The summed E-state index contributed by atoms with van der Waals surface area (Å²) in [4.78, 5) is 37.9. The molecule has 0 aromatic rings. The number of ether oxygens (including phenoxy) is 2. The van der Waals surface area contributed by atoms with Crippen molar-refractivity contribution < 1.29 is 23.9 Å². The summed E-state index contributed by atoms with van der Waals surface area (Å²) in [5.41, 5.74) is 1.73. The summed E-state index contributed by atoms with van der Waals surface area (Å²) < 4.78 is 9.97. The van der Waals surface area contributed by atoms with Gasteiger partial charge in [0.1, 0.15) is 0 Å².